The summed E-state index contributed by atoms with van der Waals surface area (Å²) < 4.78 is 0. The molecule has 0 unspecified atom stereocenters. The maximum Gasteiger partial charge on any atom is 0.191 e. The van der Waals surface area contributed by atoms with Crippen LogP contribution in [-0.2, 0) is 13.1 Å². The molecular weight excluding hydrogens is 399 g/mol. The third kappa shape index (κ3) is 8.01. The molecule has 5 heteroatoms. The minimum atomic E-state index is 0. The van der Waals surface area contributed by atoms with E-state index in [4.69, 9.17) is 4.99 Å². The topological polar surface area (TPSA) is 39.7 Å². The van der Waals surface area contributed by atoms with Gasteiger partial charge in [-0.2, -0.15) is 0 Å². The molecule has 4 nitrogen and oxygen atoms in total. The Bertz CT molecular complexity index is 486. The van der Waals surface area contributed by atoms with Crippen LogP contribution in [0.2, 0.25) is 0 Å². The minimum Gasteiger partial charge on any atom is -0.357 e. The van der Waals surface area contributed by atoms with E-state index in [2.05, 4.69) is 60.7 Å². The lowest BCUT2D eigenvalue weighted by atomic mass is 10.1. The molecule has 0 amide bonds. The minimum absolute atomic E-state index is 0. The predicted molar refractivity (Wildman–Crippen MR) is 109 cm³/mol. The van der Waals surface area contributed by atoms with Crippen LogP contribution in [0.4, 0.5) is 0 Å². The number of nitrogens with one attached hydrogen (secondary N) is 2. The lowest BCUT2D eigenvalue weighted by Crippen LogP contribution is -2.38. The molecule has 130 valence electrons. The lowest BCUT2D eigenvalue weighted by Gasteiger charge is -2.14. The predicted octanol–water partition coefficient (Wildman–Crippen LogP) is 3.22. The summed E-state index contributed by atoms with van der Waals surface area (Å²) in [5.74, 6) is 1.79. The van der Waals surface area contributed by atoms with Crippen molar-refractivity contribution in [3.05, 3.63) is 35.4 Å². The second-order valence-corrected chi connectivity index (χ2v) is 6.17. The number of aliphatic imine (C=N–C) groups is 1. The van der Waals surface area contributed by atoms with E-state index in [0.717, 1.165) is 44.6 Å². The number of rotatable bonds is 8. The summed E-state index contributed by atoms with van der Waals surface area (Å²) in [6.07, 6.45) is 2.72. The Balaban J connectivity index is 0.00000264. The standard InChI is InChI=1S/C18H30N4.HI/c1-4-19-18(20-12-15-9-10-15)21-13-16-7-6-8-17(11-16)14-22(3)5-2;/h6-8,11,15H,4-5,9-10,12-14H2,1-3H3,(H2,19,20,21);1H. The summed E-state index contributed by atoms with van der Waals surface area (Å²) in [6, 6.07) is 8.74. The second-order valence-electron chi connectivity index (χ2n) is 6.17. The fraction of sp³-hybridized carbons (Fsp3) is 0.611. The van der Waals surface area contributed by atoms with Gasteiger partial charge < -0.3 is 15.5 Å². The van der Waals surface area contributed by atoms with Gasteiger partial charge in [0.05, 0.1) is 6.54 Å². The van der Waals surface area contributed by atoms with Gasteiger partial charge in [-0.05, 0) is 50.4 Å². The molecule has 2 rings (SSSR count). The first-order valence-corrected chi connectivity index (χ1v) is 8.49. The fourth-order valence-corrected chi connectivity index (χ4v) is 2.32. The zero-order valence-electron chi connectivity index (χ0n) is 14.6. The first-order valence-electron chi connectivity index (χ1n) is 8.49. The molecule has 0 saturated heterocycles. The molecule has 2 N–H and O–H groups in total. The Morgan fingerprint density at radius 1 is 1.22 bits per heavy atom. The second kappa shape index (κ2) is 10.9. The maximum absolute atomic E-state index is 4.70. The first-order chi connectivity index (χ1) is 10.7. The van der Waals surface area contributed by atoms with Crippen LogP contribution in [0.15, 0.2) is 29.3 Å². The molecule has 23 heavy (non-hydrogen) atoms. The van der Waals surface area contributed by atoms with Crippen LogP contribution < -0.4 is 10.6 Å². The molecule has 1 aliphatic rings. The molecule has 1 fully saturated rings. The largest absolute Gasteiger partial charge is 0.357 e. The van der Waals surface area contributed by atoms with Crippen LogP contribution in [0.5, 0.6) is 0 Å². The van der Waals surface area contributed by atoms with Crippen LogP contribution in [0.1, 0.15) is 37.8 Å². The Morgan fingerprint density at radius 3 is 2.61 bits per heavy atom. The Morgan fingerprint density at radius 2 is 1.96 bits per heavy atom. The highest BCUT2D eigenvalue weighted by Crippen LogP contribution is 2.27. The van der Waals surface area contributed by atoms with Gasteiger partial charge in [-0.15, -0.1) is 24.0 Å². The quantitative estimate of drug-likeness (QED) is 0.378. The Labute approximate surface area is 158 Å². The van der Waals surface area contributed by atoms with E-state index in [1.807, 2.05) is 0 Å². The van der Waals surface area contributed by atoms with Crippen LogP contribution in [-0.4, -0.2) is 37.5 Å². The summed E-state index contributed by atoms with van der Waals surface area (Å²) in [5, 5.41) is 6.76. The van der Waals surface area contributed by atoms with Crippen molar-refractivity contribution in [1.82, 2.24) is 15.5 Å². The average molecular weight is 430 g/mol. The van der Waals surface area contributed by atoms with Crippen LogP contribution >= 0.6 is 24.0 Å². The van der Waals surface area contributed by atoms with E-state index >= 15 is 0 Å². The van der Waals surface area contributed by atoms with E-state index < -0.39 is 0 Å². The molecule has 1 aromatic rings. The number of halogens is 1. The molecule has 0 radical (unpaired) electrons. The zero-order chi connectivity index (χ0) is 15.8. The normalized spacial score (nSPS) is 14.5. The number of nitrogens with zero attached hydrogens (tertiary/aromatic N) is 2. The summed E-state index contributed by atoms with van der Waals surface area (Å²) in [5.41, 5.74) is 2.62. The third-order valence-electron chi connectivity index (χ3n) is 4.00. The van der Waals surface area contributed by atoms with E-state index in [0.29, 0.717) is 0 Å². The van der Waals surface area contributed by atoms with Crippen molar-refractivity contribution in [2.75, 3.05) is 26.7 Å². The lowest BCUT2D eigenvalue weighted by molar-refractivity contribution is 0.345. The first kappa shape index (κ1) is 20.2. The maximum atomic E-state index is 4.70. The molecule has 1 aliphatic carbocycles. The van der Waals surface area contributed by atoms with Crippen molar-refractivity contribution in [2.45, 2.75) is 39.8 Å². The summed E-state index contributed by atoms with van der Waals surface area (Å²) in [6.45, 7) is 9.03. The Kier molecular flexibility index (Phi) is 9.55. The van der Waals surface area contributed by atoms with E-state index in [1.54, 1.807) is 0 Å². The van der Waals surface area contributed by atoms with Gasteiger partial charge in [-0.1, -0.05) is 31.2 Å². The van der Waals surface area contributed by atoms with Gasteiger partial charge in [0, 0.05) is 19.6 Å². The van der Waals surface area contributed by atoms with E-state index in [-0.39, 0.29) is 24.0 Å². The molecule has 0 bridgehead atoms. The number of hydrogen-bond donors (Lipinski definition) is 2. The van der Waals surface area contributed by atoms with E-state index in [1.165, 1.54) is 24.0 Å². The van der Waals surface area contributed by atoms with Crippen molar-refractivity contribution >= 4 is 29.9 Å². The zero-order valence-corrected chi connectivity index (χ0v) is 17.0. The molecule has 0 heterocycles. The Hall–Kier alpha value is -0.820. The molecule has 0 atom stereocenters. The highest BCUT2D eigenvalue weighted by molar-refractivity contribution is 14.0. The fourth-order valence-electron chi connectivity index (χ4n) is 2.32. The SMILES string of the molecule is CCNC(=NCc1cccc(CN(C)CC)c1)NCC1CC1.I. The van der Waals surface area contributed by atoms with Gasteiger partial charge in [-0.25, -0.2) is 4.99 Å². The summed E-state index contributed by atoms with van der Waals surface area (Å²) >= 11 is 0. The number of guanidine groups is 1. The van der Waals surface area contributed by atoms with Crippen LogP contribution in [0, 0.1) is 5.92 Å². The monoisotopic (exact) mass is 430 g/mol. The molecule has 0 spiro atoms. The van der Waals surface area contributed by atoms with Gasteiger partial charge in [0.1, 0.15) is 0 Å². The molecular formula is C18H31IN4. The van der Waals surface area contributed by atoms with Crippen molar-refractivity contribution in [2.24, 2.45) is 10.9 Å². The van der Waals surface area contributed by atoms with Crippen LogP contribution in [0.25, 0.3) is 0 Å². The summed E-state index contributed by atoms with van der Waals surface area (Å²) in [4.78, 5) is 7.01. The molecule has 1 saturated carbocycles. The van der Waals surface area contributed by atoms with E-state index in [9.17, 15) is 0 Å². The number of hydrogen-bond acceptors (Lipinski definition) is 2. The van der Waals surface area contributed by atoms with Gasteiger partial charge in [-0.3, -0.25) is 0 Å². The highest BCUT2D eigenvalue weighted by Gasteiger charge is 2.20. The van der Waals surface area contributed by atoms with Gasteiger partial charge >= 0.3 is 0 Å². The van der Waals surface area contributed by atoms with Crippen molar-refractivity contribution in [3.63, 3.8) is 0 Å². The molecule has 1 aromatic carbocycles. The third-order valence-corrected chi connectivity index (χ3v) is 4.00. The van der Waals surface area contributed by atoms with Crippen molar-refractivity contribution < 1.29 is 0 Å². The van der Waals surface area contributed by atoms with Gasteiger partial charge in [0.2, 0.25) is 0 Å². The average Bonchev–Trinajstić information content (AvgIpc) is 3.34. The van der Waals surface area contributed by atoms with Crippen LogP contribution in [0.3, 0.4) is 0 Å². The summed E-state index contributed by atoms with van der Waals surface area (Å²) in [7, 11) is 2.15. The molecule has 0 aliphatic heterocycles. The van der Waals surface area contributed by atoms with Gasteiger partial charge in [0.25, 0.3) is 0 Å². The number of benzene rings is 1. The molecule has 0 aromatic heterocycles. The highest BCUT2D eigenvalue weighted by atomic mass is 127. The smallest absolute Gasteiger partial charge is 0.191 e. The van der Waals surface area contributed by atoms with Crippen molar-refractivity contribution in [1.29, 1.82) is 0 Å². The van der Waals surface area contributed by atoms with Crippen molar-refractivity contribution in [3.8, 4) is 0 Å². The van der Waals surface area contributed by atoms with Gasteiger partial charge in [0.15, 0.2) is 5.96 Å².